The molecule has 0 bridgehead atoms. The molecule has 1 aliphatic rings. The third-order valence-corrected chi connectivity index (χ3v) is 6.43. The SMILES string of the molecule is COc1cccc2cc(C(=O)C3=C([O-])C(=O)N(CC[NH+](C)C)C3c3ccc(C(C)(C)C)cc3)oc12. The van der Waals surface area contributed by atoms with Gasteiger partial charge < -0.3 is 24.1 Å². The first-order valence-electron chi connectivity index (χ1n) is 11.8. The van der Waals surface area contributed by atoms with Gasteiger partial charge in [-0.25, -0.2) is 0 Å². The van der Waals surface area contributed by atoms with Gasteiger partial charge in [0, 0.05) is 11.0 Å². The fourth-order valence-corrected chi connectivity index (χ4v) is 4.40. The Hall–Kier alpha value is -3.58. The van der Waals surface area contributed by atoms with E-state index in [1.807, 2.05) is 38.4 Å². The van der Waals surface area contributed by atoms with Crippen LogP contribution in [0.15, 0.2) is 64.3 Å². The Morgan fingerprint density at radius 2 is 1.83 bits per heavy atom. The van der Waals surface area contributed by atoms with Crippen LogP contribution < -0.4 is 14.7 Å². The largest absolute Gasteiger partial charge is 0.868 e. The standard InChI is InChI=1S/C28H32N2O5/c1-28(2,3)19-12-10-17(11-13-19)23-22(25(32)27(33)30(23)15-14-29(4)5)24(31)21-16-18-8-7-9-20(34-6)26(18)35-21/h7-13,16,23,32H,14-15H2,1-6H3. The highest BCUT2D eigenvalue weighted by molar-refractivity contribution is 6.16. The first kappa shape index (κ1) is 24.5. The van der Waals surface area contributed by atoms with Crippen molar-refractivity contribution >= 4 is 22.7 Å². The van der Waals surface area contributed by atoms with Gasteiger partial charge in [-0.1, -0.05) is 57.2 Å². The minimum absolute atomic E-state index is 0.0112. The van der Waals surface area contributed by atoms with Crippen molar-refractivity contribution in [2.75, 3.05) is 34.3 Å². The summed E-state index contributed by atoms with van der Waals surface area (Å²) in [5, 5.41) is 13.9. The monoisotopic (exact) mass is 476 g/mol. The van der Waals surface area contributed by atoms with Crippen LogP contribution in [0, 0.1) is 0 Å². The van der Waals surface area contributed by atoms with Crippen LogP contribution in [-0.4, -0.2) is 50.9 Å². The van der Waals surface area contributed by atoms with Crippen LogP contribution in [0.1, 0.15) is 48.5 Å². The maximum atomic E-state index is 13.7. The molecule has 1 aromatic heterocycles. The van der Waals surface area contributed by atoms with E-state index in [-0.39, 0.29) is 16.7 Å². The number of para-hydroxylation sites is 1. The number of ketones is 1. The molecule has 184 valence electrons. The van der Waals surface area contributed by atoms with Gasteiger partial charge in [0.05, 0.1) is 40.3 Å². The van der Waals surface area contributed by atoms with E-state index in [2.05, 4.69) is 20.8 Å². The van der Waals surface area contributed by atoms with E-state index in [0.717, 1.165) is 16.0 Å². The molecule has 7 heteroatoms. The summed E-state index contributed by atoms with van der Waals surface area (Å²) in [6, 6.07) is 14.0. The maximum absolute atomic E-state index is 13.7. The van der Waals surface area contributed by atoms with E-state index in [1.165, 1.54) is 12.0 Å². The number of ether oxygens (including phenoxy) is 1. The van der Waals surface area contributed by atoms with Crippen molar-refractivity contribution in [1.29, 1.82) is 0 Å². The van der Waals surface area contributed by atoms with Gasteiger partial charge in [0.15, 0.2) is 17.1 Å². The maximum Gasteiger partial charge on any atom is 0.240 e. The minimum Gasteiger partial charge on any atom is -0.868 e. The number of Topliss-reactive ketones (excluding diaryl/α,β-unsaturated/α-hetero) is 1. The van der Waals surface area contributed by atoms with E-state index in [1.54, 1.807) is 24.3 Å². The van der Waals surface area contributed by atoms with Crippen molar-refractivity contribution in [3.8, 4) is 5.75 Å². The number of quaternary nitrogens is 1. The molecule has 35 heavy (non-hydrogen) atoms. The van der Waals surface area contributed by atoms with Crippen LogP contribution in [0.2, 0.25) is 0 Å². The van der Waals surface area contributed by atoms with Crippen molar-refractivity contribution in [3.63, 3.8) is 0 Å². The van der Waals surface area contributed by atoms with Crippen LogP contribution in [0.3, 0.4) is 0 Å². The average molecular weight is 477 g/mol. The van der Waals surface area contributed by atoms with Gasteiger partial charge in [-0.05, 0) is 34.4 Å². The second-order valence-corrected chi connectivity index (χ2v) is 10.3. The van der Waals surface area contributed by atoms with Crippen LogP contribution in [-0.2, 0) is 10.2 Å². The van der Waals surface area contributed by atoms with Crippen molar-refractivity contribution in [2.45, 2.75) is 32.2 Å². The van der Waals surface area contributed by atoms with Crippen molar-refractivity contribution in [3.05, 3.63) is 76.8 Å². The first-order valence-corrected chi connectivity index (χ1v) is 11.8. The lowest BCUT2D eigenvalue weighted by Crippen LogP contribution is -3.06. The molecule has 1 atom stereocenters. The molecule has 0 aliphatic carbocycles. The molecular weight excluding hydrogens is 444 g/mol. The Labute approximate surface area is 205 Å². The Morgan fingerprint density at radius 1 is 1.14 bits per heavy atom. The summed E-state index contributed by atoms with van der Waals surface area (Å²) in [6.45, 7) is 7.34. The minimum atomic E-state index is -0.777. The van der Waals surface area contributed by atoms with Crippen LogP contribution in [0.25, 0.3) is 11.0 Å². The summed E-state index contributed by atoms with van der Waals surface area (Å²) < 4.78 is 11.2. The number of carbonyl (C=O) groups excluding carboxylic acids is 2. The lowest BCUT2D eigenvalue weighted by atomic mass is 9.85. The number of fused-ring (bicyclic) bond motifs is 1. The number of hydrogen-bond acceptors (Lipinski definition) is 5. The fourth-order valence-electron chi connectivity index (χ4n) is 4.40. The predicted octanol–water partition coefficient (Wildman–Crippen LogP) is 2.26. The molecule has 1 unspecified atom stereocenters. The van der Waals surface area contributed by atoms with E-state index < -0.39 is 23.5 Å². The molecule has 1 N–H and O–H groups in total. The van der Waals surface area contributed by atoms with Gasteiger partial charge in [0.25, 0.3) is 0 Å². The smallest absolute Gasteiger partial charge is 0.240 e. The Morgan fingerprint density at radius 3 is 2.43 bits per heavy atom. The van der Waals surface area contributed by atoms with Crippen molar-refractivity contribution in [1.82, 2.24) is 4.90 Å². The Kier molecular flexibility index (Phi) is 6.47. The van der Waals surface area contributed by atoms with Crippen molar-refractivity contribution in [2.24, 2.45) is 0 Å². The lowest BCUT2D eigenvalue weighted by Gasteiger charge is -2.28. The number of furan rings is 1. The first-order chi connectivity index (χ1) is 16.5. The number of hydrogen-bond donors (Lipinski definition) is 1. The summed E-state index contributed by atoms with van der Waals surface area (Å²) in [5.74, 6) is -1.51. The van der Waals surface area contributed by atoms with Crippen LogP contribution in [0.4, 0.5) is 0 Å². The number of amides is 1. The zero-order chi connectivity index (χ0) is 25.5. The highest BCUT2D eigenvalue weighted by atomic mass is 16.5. The molecule has 3 aromatic rings. The quantitative estimate of drug-likeness (QED) is 0.529. The van der Waals surface area contributed by atoms with Gasteiger partial charge in [0.2, 0.25) is 11.7 Å². The number of likely N-dealkylation sites (N-methyl/N-ethyl adjacent to an activating group) is 1. The van der Waals surface area contributed by atoms with Gasteiger partial charge in [0.1, 0.15) is 0 Å². The predicted molar refractivity (Wildman–Crippen MR) is 131 cm³/mol. The normalized spacial score (nSPS) is 16.6. The summed E-state index contributed by atoms with van der Waals surface area (Å²) in [7, 11) is 5.48. The number of nitrogens with zero attached hydrogens (tertiary/aromatic N) is 1. The number of carbonyl (C=O) groups is 2. The summed E-state index contributed by atoms with van der Waals surface area (Å²) in [6.07, 6.45) is 0. The Balaban J connectivity index is 1.79. The summed E-state index contributed by atoms with van der Waals surface area (Å²) in [4.78, 5) is 29.4. The van der Waals surface area contributed by atoms with E-state index in [0.29, 0.717) is 29.8 Å². The molecule has 1 aliphatic heterocycles. The molecule has 0 radical (unpaired) electrons. The number of nitrogens with one attached hydrogen (secondary N) is 1. The molecule has 7 nitrogen and oxygen atoms in total. The van der Waals surface area contributed by atoms with E-state index in [9.17, 15) is 14.7 Å². The molecule has 2 heterocycles. The zero-order valence-corrected chi connectivity index (χ0v) is 21.1. The third kappa shape index (κ3) is 4.56. The molecule has 4 rings (SSSR count). The van der Waals surface area contributed by atoms with Gasteiger partial charge in [-0.3, -0.25) is 9.59 Å². The van der Waals surface area contributed by atoms with Crippen LogP contribution in [0.5, 0.6) is 5.75 Å². The summed E-state index contributed by atoms with van der Waals surface area (Å²) in [5.41, 5.74) is 2.14. The Bertz CT molecular complexity index is 1300. The topological polar surface area (TPSA) is 87.2 Å². The van der Waals surface area contributed by atoms with Gasteiger partial charge in [-0.2, -0.15) is 0 Å². The van der Waals surface area contributed by atoms with Crippen LogP contribution >= 0.6 is 0 Å². The van der Waals surface area contributed by atoms with E-state index in [4.69, 9.17) is 9.15 Å². The van der Waals surface area contributed by atoms with E-state index >= 15 is 0 Å². The number of benzene rings is 2. The molecular formula is C28H32N2O5. The molecule has 1 amide bonds. The molecule has 0 saturated carbocycles. The summed E-state index contributed by atoms with van der Waals surface area (Å²) >= 11 is 0. The molecule has 0 fully saturated rings. The highest BCUT2D eigenvalue weighted by Gasteiger charge is 2.40. The molecule has 0 spiro atoms. The molecule has 2 aromatic carbocycles. The van der Waals surface area contributed by atoms with Crippen molar-refractivity contribution < 1.29 is 28.7 Å². The zero-order valence-electron chi connectivity index (χ0n) is 21.1. The van der Waals surface area contributed by atoms with Gasteiger partial charge >= 0.3 is 0 Å². The average Bonchev–Trinajstić information content (AvgIpc) is 3.36. The fraction of sp³-hybridized carbons (Fsp3) is 0.357. The highest BCUT2D eigenvalue weighted by Crippen LogP contribution is 2.40. The third-order valence-electron chi connectivity index (χ3n) is 6.43. The second-order valence-electron chi connectivity index (χ2n) is 10.3. The number of rotatable bonds is 7. The number of methoxy groups -OCH3 is 1. The molecule has 0 saturated heterocycles. The lowest BCUT2D eigenvalue weighted by molar-refractivity contribution is -0.857. The second kappa shape index (κ2) is 9.23. The van der Waals surface area contributed by atoms with Gasteiger partial charge in [-0.15, -0.1) is 0 Å².